The van der Waals surface area contributed by atoms with E-state index in [2.05, 4.69) is 20.3 Å². The Morgan fingerprint density at radius 1 is 1.12 bits per heavy atom. The molecule has 0 aliphatic carbocycles. The van der Waals surface area contributed by atoms with Crippen LogP contribution in [0.4, 0.5) is 11.1 Å². The van der Waals surface area contributed by atoms with Crippen molar-refractivity contribution >= 4 is 73.1 Å². The average Bonchev–Trinajstić information content (AvgIpc) is 3.21. The van der Waals surface area contributed by atoms with Gasteiger partial charge in [0.1, 0.15) is 5.52 Å². The average molecular weight is 422 g/mol. The van der Waals surface area contributed by atoms with E-state index < -0.39 is 0 Å². The van der Waals surface area contributed by atoms with Crippen LogP contribution >= 0.6 is 45.9 Å². The molecular weight excluding hydrogens is 413 g/mol. The summed E-state index contributed by atoms with van der Waals surface area (Å²) in [5, 5.41) is 4.22. The number of rotatable bonds is 3. The third-order valence-electron chi connectivity index (χ3n) is 3.39. The van der Waals surface area contributed by atoms with E-state index in [0.29, 0.717) is 31.3 Å². The minimum absolute atomic E-state index is 0.187. The lowest BCUT2D eigenvalue weighted by molar-refractivity contribution is 0.103. The SMILES string of the molecule is Nc1nccc(-c2ccc(C(=O)Nc3nc4c(Cl)cc(Cl)cc4s3)s2)n1. The molecule has 0 unspecified atom stereocenters. The fourth-order valence-electron chi connectivity index (χ4n) is 2.28. The number of carbonyl (C=O) groups is 1. The van der Waals surface area contributed by atoms with Gasteiger partial charge in [0.2, 0.25) is 5.95 Å². The van der Waals surface area contributed by atoms with E-state index in [1.807, 2.05) is 6.07 Å². The van der Waals surface area contributed by atoms with Crippen molar-refractivity contribution in [3.05, 3.63) is 51.5 Å². The number of amides is 1. The molecule has 0 fully saturated rings. The van der Waals surface area contributed by atoms with Gasteiger partial charge in [-0.2, -0.15) is 0 Å². The zero-order chi connectivity index (χ0) is 18.3. The number of nitrogens with two attached hydrogens (primary N) is 1. The monoisotopic (exact) mass is 421 g/mol. The fourth-order valence-corrected chi connectivity index (χ4v) is 4.73. The van der Waals surface area contributed by atoms with Gasteiger partial charge in [0, 0.05) is 11.2 Å². The molecule has 0 aliphatic rings. The van der Waals surface area contributed by atoms with Crippen LogP contribution in [0.5, 0.6) is 0 Å². The summed E-state index contributed by atoms with van der Waals surface area (Å²) in [6.07, 6.45) is 1.58. The van der Waals surface area contributed by atoms with Crippen LogP contribution in [0.2, 0.25) is 10.0 Å². The molecule has 4 aromatic rings. The molecule has 0 saturated carbocycles. The molecule has 6 nitrogen and oxygen atoms in total. The number of carbonyl (C=O) groups excluding carboxylic acids is 1. The highest BCUT2D eigenvalue weighted by molar-refractivity contribution is 7.22. The Balaban J connectivity index is 1.58. The zero-order valence-corrected chi connectivity index (χ0v) is 16.0. The van der Waals surface area contributed by atoms with E-state index in [9.17, 15) is 4.79 Å². The fraction of sp³-hybridized carbons (Fsp3) is 0. The van der Waals surface area contributed by atoms with Crippen molar-refractivity contribution in [1.29, 1.82) is 0 Å². The predicted molar refractivity (Wildman–Crippen MR) is 107 cm³/mol. The first-order chi connectivity index (χ1) is 12.5. The summed E-state index contributed by atoms with van der Waals surface area (Å²) in [4.78, 5) is 26.2. The summed E-state index contributed by atoms with van der Waals surface area (Å²) in [5.41, 5.74) is 6.88. The van der Waals surface area contributed by atoms with E-state index >= 15 is 0 Å². The molecule has 4 rings (SSSR count). The number of benzene rings is 1. The first-order valence-electron chi connectivity index (χ1n) is 7.25. The van der Waals surface area contributed by atoms with Gasteiger partial charge in [0.15, 0.2) is 5.13 Å². The van der Waals surface area contributed by atoms with Gasteiger partial charge in [-0.1, -0.05) is 34.5 Å². The Morgan fingerprint density at radius 3 is 2.77 bits per heavy atom. The minimum Gasteiger partial charge on any atom is -0.368 e. The van der Waals surface area contributed by atoms with Crippen molar-refractivity contribution in [3.8, 4) is 10.6 Å². The zero-order valence-electron chi connectivity index (χ0n) is 12.9. The molecule has 1 amide bonds. The Bertz CT molecular complexity index is 1140. The van der Waals surface area contributed by atoms with Gasteiger partial charge in [-0.05, 0) is 30.3 Å². The van der Waals surface area contributed by atoms with Gasteiger partial charge in [-0.15, -0.1) is 11.3 Å². The van der Waals surface area contributed by atoms with E-state index in [0.717, 1.165) is 9.58 Å². The Hall–Kier alpha value is -2.26. The van der Waals surface area contributed by atoms with Crippen LogP contribution in [0.15, 0.2) is 36.5 Å². The molecule has 0 aliphatic heterocycles. The Kier molecular flexibility index (Phi) is 4.49. The number of aromatic nitrogens is 3. The van der Waals surface area contributed by atoms with E-state index in [-0.39, 0.29) is 11.9 Å². The molecule has 0 radical (unpaired) electrons. The molecule has 130 valence electrons. The number of hydrogen-bond donors (Lipinski definition) is 2. The second kappa shape index (κ2) is 6.81. The van der Waals surface area contributed by atoms with Crippen molar-refractivity contribution in [1.82, 2.24) is 15.0 Å². The molecule has 0 spiro atoms. The molecule has 10 heteroatoms. The first-order valence-corrected chi connectivity index (χ1v) is 9.64. The van der Waals surface area contributed by atoms with Crippen LogP contribution in [-0.2, 0) is 0 Å². The van der Waals surface area contributed by atoms with Crippen molar-refractivity contribution in [2.75, 3.05) is 11.1 Å². The van der Waals surface area contributed by atoms with Gasteiger partial charge < -0.3 is 5.73 Å². The van der Waals surface area contributed by atoms with E-state index in [1.54, 1.807) is 30.5 Å². The normalized spacial score (nSPS) is 11.0. The number of thiazole rings is 1. The molecule has 3 aromatic heterocycles. The maximum Gasteiger partial charge on any atom is 0.267 e. The quantitative estimate of drug-likeness (QED) is 0.487. The van der Waals surface area contributed by atoms with Gasteiger partial charge in [0.05, 0.1) is 25.2 Å². The number of halogens is 2. The number of nitrogens with one attached hydrogen (secondary N) is 1. The summed E-state index contributed by atoms with van der Waals surface area (Å²) < 4.78 is 0.807. The van der Waals surface area contributed by atoms with Gasteiger partial charge >= 0.3 is 0 Å². The van der Waals surface area contributed by atoms with Crippen LogP contribution < -0.4 is 11.1 Å². The summed E-state index contributed by atoms with van der Waals surface area (Å²) in [6, 6.07) is 8.67. The molecule has 26 heavy (non-hydrogen) atoms. The van der Waals surface area contributed by atoms with Crippen LogP contribution in [0.25, 0.3) is 20.8 Å². The van der Waals surface area contributed by atoms with Crippen LogP contribution in [0.1, 0.15) is 9.67 Å². The third kappa shape index (κ3) is 3.36. The van der Waals surface area contributed by atoms with Crippen LogP contribution in [0, 0.1) is 0 Å². The summed E-state index contributed by atoms with van der Waals surface area (Å²) in [7, 11) is 0. The highest BCUT2D eigenvalue weighted by atomic mass is 35.5. The summed E-state index contributed by atoms with van der Waals surface area (Å²) in [6.45, 7) is 0. The molecule has 0 saturated heterocycles. The number of anilines is 2. The second-order valence-corrected chi connectivity index (χ2v) is 8.13. The smallest absolute Gasteiger partial charge is 0.267 e. The number of nitrogen functional groups attached to an aromatic ring is 1. The minimum atomic E-state index is -0.260. The Labute approximate surface area is 165 Å². The van der Waals surface area contributed by atoms with E-state index in [4.69, 9.17) is 28.9 Å². The summed E-state index contributed by atoms with van der Waals surface area (Å²) in [5.74, 6) is -0.0727. The Morgan fingerprint density at radius 2 is 1.96 bits per heavy atom. The highest BCUT2D eigenvalue weighted by Gasteiger charge is 2.15. The van der Waals surface area contributed by atoms with Gasteiger partial charge in [-0.25, -0.2) is 15.0 Å². The van der Waals surface area contributed by atoms with Gasteiger partial charge in [-0.3, -0.25) is 10.1 Å². The highest BCUT2D eigenvalue weighted by Crippen LogP contribution is 2.34. The summed E-state index contributed by atoms with van der Waals surface area (Å²) >= 11 is 14.8. The lowest BCUT2D eigenvalue weighted by Crippen LogP contribution is -2.09. The topological polar surface area (TPSA) is 93.8 Å². The van der Waals surface area contributed by atoms with Crippen molar-refractivity contribution < 1.29 is 4.79 Å². The number of hydrogen-bond acceptors (Lipinski definition) is 7. The second-order valence-electron chi connectivity index (χ2n) is 5.17. The molecule has 3 heterocycles. The number of fused-ring (bicyclic) bond motifs is 1. The van der Waals surface area contributed by atoms with Crippen LogP contribution in [-0.4, -0.2) is 20.9 Å². The lowest BCUT2D eigenvalue weighted by atomic mass is 10.3. The molecule has 0 bridgehead atoms. The first kappa shape index (κ1) is 17.2. The van der Waals surface area contributed by atoms with E-state index in [1.165, 1.54) is 22.7 Å². The maximum absolute atomic E-state index is 12.5. The van der Waals surface area contributed by atoms with Crippen molar-refractivity contribution in [3.63, 3.8) is 0 Å². The third-order valence-corrected chi connectivity index (χ3v) is 5.92. The number of thiophene rings is 1. The maximum atomic E-state index is 12.5. The largest absolute Gasteiger partial charge is 0.368 e. The standard InChI is InChI=1S/C16H9Cl2N5OS2/c17-7-5-8(18)13-12(6-7)26-16(22-13)23-14(24)11-2-1-10(25-11)9-3-4-20-15(19)21-9/h1-6H,(H2,19,20,21)(H,22,23,24). The lowest BCUT2D eigenvalue weighted by Gasteiger charge is -1.98. The van der Waals surface area contributed by atoms with Gasteiger partial charge in [0.25, 0.3) is 5.91 Å². The molecule has 3 N–H and O–H groups in total. The molecule has 1 aromatic carbocycles. The van der Waals surface area contributed by atoms with Crippen molar-refractivity contribution in [2.45, 2.75) is 0 Å². The molecular formula is C16H9Cl2N5OS2. The molecule has 0 atom stereocenters. The number of nitrogens with zero attached hydrogens (tertiary/aromatic N) is 3. The van der Waals surface area contributed by atoms with Crippen LogP contribution in [0.3, 0.4) is 0 Å². The predicted octanol–water partition coefficient (Wildman–Crippen LogP) is 4.96. The van der Waals surface area contributed by atoms with Crippen molar-refractivity contribution in [2.24, 2.45) is 0 Å².